The van der Waals surface area contributed by atoms with Crippen molar-refractivity contribution in [3.05, 3.63) is 17.8 Å². The fourth-order valence-corrected chi connectivity index (χ4v) is 4.23. The molecular weight excluding hydrogens is 266 g/mol. The molecule has 3 saturated carbocycles. The van der Waals surface area contributed by atoms with E-state index in [4.69, 9.17) is 4.42 Å². The second kappa shape index (κ2) is 5.13. The van der Waals surface area contributed by atoms with E-state index < -0.39 is 0 Å². The van der Waals surface area contributed by atoms with Gasteiger partial charge >= 0.3 is 0 Å². The molecule has 1 amide bonds. The molecule has 3 aliphatic rings. The standard InChI is InChI=1S/C16H25N3O2/c1-9-11-5-10(16(11,2)3)6-12(9)19-15(20)13-8-21-14(18-13)7-17-4/h8-12,17H,5-7H2,1-4H3,(H,19,20). The van der Waals surface area contributed by atoms with Crippen LogP contribution in [0.15, 0.2) is 10.7 Å². The van der Waals surface area contributed by atoms with E-state index in [1.165, 1.54) is 12.7 Å². The number of nitrogens with zero attached hydrogens (tertiary/aromatic N) is 1. The lowest BCUT2D eigenvalue weighted by Gasteiger charge is -2.62. The summed E-state index contributed by atoms with van der Waals surface area (Å²) in [5.74, 6) is 2.41. The number of hydrogen-bond acceptors (Lipinski definition) is 4. The van der Waals surface area contributed by atoms with Crippen LogP contribution in [0, 0.1) is 23.2 Å². The molecule has 0 radical (unpaired) electrons. The van der Waals surface area contributed by atoms with Crippen molar-refractivity contribution in [3.63, 3.8) is 0 Å². The van der Waals surface area contributed by atoms with Gasteiger partial charge in [0.15, 0.2) is 5.69 Å². The molecule has 1 aromatic heterocycles. The third kappa shape index (κ3) is 2.37. The SMILES string of the molecule is CNCc1nc(C(=O)NC2CC3CC(C2C)C3(C)C)co1. The molecule has 0 aromatic carbocycles. The van der Waals surface area contributed by atoms with Gasteiger partial charge in [0, 0.05) is 6.04 Å². The van der Waals surface area contributed by atoms with Crippen LogP contribution in [0.3, 0.4) is 0 Å². The molecule has 4 unspecified atom stereocenters. The minimum Gasteiger partial charge on any atom is -0.447 e. The van der Waals surface area contributed by atoms with Crippen molar-refractivity contribution in [2.45, 2.75) is 46.2 Å². The predicted octanol–water partition coefficient (Wildman–Crippen LogP) is 2.19. The Labute approximate surface area is 125 Å². The number of fused-ring (bicyclic) bond motifs is 2. The van der Waals surface area contributed by atoms with Crippen LogP contribution in [-0.4, -0.2) is 24.0 Å². The van der Waals surface area contributed by atoms with E-state index in [1.54, 1.807) is 0 Å². The second-order valence-corrected chi connectivity index (χ2v) is 7.19. The van der Waals surface area contributed by atoms with Gasteiger partial charge < -0.3 is 15.1 Å². The van der Waals surface area contributed by atoms with E-state index in [0.29, 0.717) is 29.5 Å². The zero-order valence-electron chi connectivity index (χ0n) is 13.3. The first-order chi connectivity index (χ1) is 9.93. The summed E-state index contributed by atoms with van der Waals surface area (Å²) < 4.78 is 5.27. The van der Waals surface area contributed by atoms with E-state index >= 15 is 0 Å². The number of carbonyl (C=O) groups is 1. The fraction of sp³-hybridized carbons (Fsp3) is 0.750. The van der Waals surface area contributed by atoms with Crippen LogP contribution in [0.2, 0.25) is 0 Å². The smallest absolute Gasteiger partial charge is 0.273 e. The van der Waals surface area contributed by atoms with E-state index in [1.807, 2.05) is 7.05 Å². The van der Waals surface area contributed by atoms with E-state index in [2.05, 4.69) is 36.4 Å². The quantitative estimate of drug-likeness (QED) is 0.892. The summed E-state index contributed by atoms with van der Waals surface area (Å²) >= 11 is 0. The Balaban J connectivity index is 1.63. The molecule has 1 aromatic rings. The molecule has 5 nitrogen and oxygen atoms in total. The van der Waals surface area contributed by atoms with E-state index in [-0.39, 0.29) is 11.9 Å². The molecule has 3 aliphatic carbocycles. The topological polar surface area (TPSA) is 67.2 Å². The number of hydrogen-bond donors (Lipinski definition) is 2. The van der Waals surface area contributed by atoms with E-state index in [0.717, 1.165) is 18.3 Å². The molecule has 116 valence electrons. The average Bonchev–Trinajstić information content (AvgIpc) is 2.89. The predicted molar refractivity (Wildman–Crippen MR) is 79.7 cm³/mol. The van der Waals surface area contributed by atoms with Gasteiger partial charge in [0.1, 0.15) is 6.26 Å². The molecule has 2 bridgehead atoms. The van der Waals surface area contributed by atoms with Crippen molar-refractivity contribution < 1.29 is 9.21 Å². The third-order valence-electron chi connectivity index (χ3n) is 5.78. The molecule has 4 atom stereocenters. The largest absolute Gasteiger partial charge is 0.447 e. The maximum Gasteiger partial charge on any atom is 0.273 e. The Bertz CT molecular complexity index is 537. The van der Waals surface area contributed by atoms with Gasteiger partial charge in [0.2, 0.25) is 5.89 Å². The van der Waals surface area contributed by atoms with Crippen molar-refractivity contribution in [1.29, 1.82) is 0 Å². The first kappa shape index (κ1) is 14.6. The van der Waals surface area contributed by atoms with Gasteiger partial charge in [-0.2, -0.15) is 0 Å². The minimum absolute atomic E-state index is 0.114. The van der Waals surface area contributed by atoms with Gasteiger partial charge in [-0.25, -0.2) is 4.98 Å². The van der Waals surface area contributed by atoms with Crippen LogP contribution < -0.4 is 10.6 Å². The van der Waals surface area contributed by atoms with Crippen molar-refractivity contribution in [2.24, 2.45) is 23.2 Å². The van der Waals surface area contributed by atoms with Gasteiger partial charge in [-0.1, -0.05) is 20.8 Å². The number of oxazole rings is 1. The first-order valence-corrected chi connectivity index (χ1v) is 7.83. The lowest BCUT2D eigenvalue weighted by Crippen LogP contribution is -2.60. The number of nitrogens with one attached hydrogen (secondary N) is 2. The summed E-state index contributed by atoms with van der Waals surface area (Å²) in [6.45, 7) is 7.53. The van der Waals surface area contributed by atoms with Crippen LogP contribution in [0.4, 0.5) is 0 Å². The van der Waals surface area contributed by atoms with Crippen molar-refractivity contribution >= 4 is 5.91 Å². The lowest BCUT2D eigenvalue weighted by molar-refractivity contribution is -0.113. The number of rotatable bonds is 4. The molecule has 3 fully saturated rings. The summed E-state index contributed by atoms with van der Waals surface area (Å²) in [7, 11) is 1.82. The average molecular weight is 291 g/mol. The highest BCUT2D eigenvalue weighted by Crippen LogP contribution is 2.61. The summed E-state index contributed by atoms with van der Waals surface area (Å²) in [6.07, 6.45) is 3.84. The Morgan fingerprint density at radius 2 is 2.24 bits per heavy atom. The minimum atomic E-state index is -0.114. The van der Waals surface area contributed by atoms with Gasteiger partial charge in [0.05, 0.1) is 6.54 Å². The summed E-state index contributed by atoms with van der Waals surface area (Å²) in [5, 5.41) is 6.11. The molecule has 21 heavy (non-hydrogen) atoms. The van der Waals surface area contributed by atoms with Crippen molar-refractivity contribution in [2.75, 3.05) is 7.05 Å². The van der Waals surface area contributed by atoms with Crippen molar-refractivity contribution in [1.82, 2.24) is 15.6 Å². The van der Waals surface area contributed by atoms with Crippen LogP contribution >= 0.6 is 0 Å². The number of carbonyl (C=O) groups excluding carboxylic acids is 1. The molecule has 4 rings (SSSR count). The van der Waals surface area contributed by atoms with Gasteiger partial charge in [-0.05, 0) is 43.1 Å². The molecule has 0 aliphatic heterocycles. The summed E-state index contributed by atoms with van der Waals surface area (Å²) in [4.78, 5) is 16.5. The summed E-state index contributed by atoms with van der Waals surface area (Å²) in [5.41, 5.74) is 0.820. The van der Waals surface area contributed by atoms with Crippen LogP contribution in [0.5, 0.6) is 0 Å². The number of aromatic nitrogens is 1. The highest BCUT2D eigenvalue weighted by Gasteiger charge is 2.56. The van der Waals surface area contributed by atoms with Crippen molar-refractivity contribution in [3.8, 4) is 0 Å². The third-order valence-corrected chi connectivity index (χ3v) is 5.78. The molecule has 0 saturated heterocycles. The zero-order valence-corrected chi connectivity index (χ0v) is 13.3. The van der Waals surface area contributed by atoms with Gasteiger partial charge in [0.25, 0.3) is 5.91 Å². The maximum atomic E-state index is 12.3. The molecule has 1 heterocycles. The highest BCUT2D eigenvalue weighted by atomic mass is 16.3. The fourth-order valence-electron chi connectivity index (χ4n) is 4.23. The molecule has 5 heteroatoms. The Hall–Kier alpha value is -1.36. The Kier molecular flexibility index (Phi) is 3.56. The van der Waals surface area contributed by atoms with Gasteiger partial charge in [-0.3, -0.25) is 4.79 Å². The Morgan fingerprint density at radius 1 is 1.48 bits per heavy atom. The van der Waals surface area contributed by atoms with Crippen LogP contribution in [0.25, 0.3) is 0 Å². The van der Waals surface area contributed by atoms with Gasteiger partial charge in [-0.15, -0.1) is 0 Å². The zero-order chi connectivity index (χ0) is 15.2. The lowest BCUT2D eigenvalue weighted by atomic mass is 9.45. The summed E-state index contributed by atoms with van der Waals surface area (Å²) in [6, 6.07) is 0.263. The van der Waals surface area contributed by atoms with Crippen LogP contribution in [0.1, 0.15) is 50.0 Å². The number of amides is 1. The normalized spacial score (nSPS) is 33.3. The molecule has 2 N–H and O–H groups in total. The Morgan fingerprint density at radius 3 is 2.86 bits per heavy atom. The maximum absolute atomic E-state index is 12.3. The molecule has 0 spiro atoms. The second-order valence-electron chi connectivity index (χ2n) is 7.19. The first-order valence-electron chi connectivity index (χ1n) is 7.83. The monoisotopic (exact) mass is 291 g/mol. The van der Waals surface area contributed by atoms with Crippen LogP contribution in [-0.2, 0) is 6.54 Å². The highest BCUT2D eigenvalue weighted by molar-refractivity contribution is 5.92. The van der Waals surface area contributed by atoms with E-state index in [9.17, 15) is 4.79 Å². The molecular formula is C16H25N3O2.